The highest BCUT2D eigenvalue weighted by Crippen LogP contribution is 2.29. The number of thioether (sulfide) groups is 1. The Kier molecular flexibility index (Phi) is 5.78. The van der Waals surface area contributed by atoms with Crippen LogP contribution in [-0.4, -0.2) is 28.6 Å². The van der Waals surface area contributed by atoms with Crippen molar-refractivity contribution in [2.75, 3.05) is 18.5 Å². The molecule has 0 saturated heterocycles. The van der Waals surface area contributed by atoms with E-state index in [1.54, 1.807) is 23.3 Å². The first-order valence-corrected chi connectivity index (χ1v) is 10.1. The van der Waals surface area contributed by atoms with E-state index >= 15 is 0 Å². The Balaban J connectivity index is 1.72. The minimum Gasteiger partial charge on any atom is -0.336 e. The van der Waals surface area contributed by atoms with E-state index in [0.717, 1.165) is 15.2 Å². The monoisotopic (exact) mass is 409 g/mol. The maximum absolute atomic E-state index is 12.7. The van der Waals surface area contributed by atoms with Gasteiger partial charge in [-0.3, -0.25) is 10.5 Å². The first-order chi connectivity index (χ1) is 13.4. The Labute approximate surface area is 170 Å². The highest BCUT2D eigenvalue weighted by molar-refractivity contribution is 7.99. The van der Waals surface area contributed by atoms with Gasteiger partial charge in [0.1, 0.15) is 28.3 Å². The topological polar surface area (TPSA) is 121 Å². The molecule has 0 aliphatic rings. The van der Waals surface area contributed by atoms with Gasteiger partial charge < -0.3 is 4.90 Å². The number of carbonyl (C=O) groups excluding carboxylic acids is 1. The number of fused-ring (bicyclic) bond motifs is 1. The van der Waals surface area contributed by atoms with Gasteiger partial charge in [0.05, 0.1) is 22.0 Å². The summed E-state index contributed by atoms with van der Waals surface area (Å²) in [6.07, 6.45) is 0. The summed E-state index contributed by atoms with van der Waals surface area (Å²) in [6, 6.07) is 13.1. The molecule has 3 N–H and O–H groups in total. The molecule has 0 unspecified atom stereocenters. The van der Waals surface area contributed by atoms with Crippen molar-refractivity contribution in [3.8, 4) is 12.1 Å². The first kappa shape index (κ1) is 19.6. The number of carbonyl (C=O) groups is 1. The summed E-state index contributed by atoms with van der Waals surface area (Å²) in [5.74, 6) is 0.201. The van der Waals surface area contributed by atoms with Crippen LogP contribution in [0.4, 0.5) is 5.82 Å². The van der Waals surface area contributed by atoms with E-state index < -0.39 is 0 Å². The van der Waals surface area contributed by atoms with Crippen LogP contribution in [-0.2, 0) is 4.79 Å². The Bertz CT molecular complexity index is 1090. The number of pyridine rings is 1. The maximum Gasteiger partial charge on any atom is 0.289 e. The highest BCUT2D eigenvalue weighted by Gasteiger charge is 2.22. The Morgan fingerprint density at radius 3 is 2.75 bits per heavy atom. The predicted octanol–water partition coefficient (Wildman–Crippen LogP) is 2.75. The van der Waals surface area contributed by atoms with Gasteiger partial charge in [0.2, 0.25) is 5.91 Å². The zero-order chi connectivity index (χ0) is 20.3. The average Bonchev–Trinajstić information content (AvgIpc) is 3.15. The van der Waals surface area contributed by atoms with Crippen molar-refractivity contribution in [1.29, 1.82) is 10.5 Å². The minimum atomic E-state index is -0.170. The highest BCUT2D eigenvalue weighted by atomic mass is 32.2. The van der Waals surface area contributed by atoms with Crippen molar-refractivity contribution in [3.63, 3.8) is 0 Å². The van der Waals surface area contributed by atoms with Gasteiger partial charge in [0.15, 0.2) is 5.03 Å². The third kappa shape index (κ3) is 3.91. The molecule has 2 heterocycles. The zero-order valence-corrected chi connectivity index (χ0v) is 16.9. The van der Waals surface area contributed by atoms with Crippen LogP contribution < -0.4 is 10.7 Å². The summed E-state index contributed by atoms with van der Waals surface area (Å²) in [5, 5.41) is 19.6. The van der Waals surface area contributed by atoms with Crippen LogP contribution in [0.3, 0.4) is 0 Å². The van der Waals surface area contributed by atoms with Gasteiger partial charge in [-0.25, -0.2) is 9.97 Å². The molecule has 0 aliphatic carbocycles. The number of benzene rings is 1. The van der Waals surface area contributed by atoms with E-state index in [1.165, 1.54) is 17.8 Å². The largest absolute Gasteiger partial charge is 0.336 e. The molecule has 1 atom stereocenters. The number of nitrogens with one attached hydrogen (secondary N) is 1. The summed E-state index contributed by atoms with van der Waals surface area (Å²) in [6.45, 7) is 1.94. The molecule has 28 heavy (non-hydrogen) atoms. The van der Waals surface area contributed by atoms with E-state index in [0.29, 0.717) is 5.03 Å². The lowest BCUT2D eigenvalue weighted by Crippen LogP contribution is -2.31. The number of nitrogens with zero attached hydrogens (tertiary/aromatic N) is 4. The van der Waals surface area contributed by atoms with Crippen LogP contribution in [0.25, 0.3) is 10.2 Å². The van der Waals surface area contributed by atoms with E-state index in [2.05, 4.69) is 9.97 Å². The van der Waals surface area contributed by atoms with Crippen LogP contribution >= 0.6 is 23.1 Å². The molecule has 9 heteroatoms. The number of aromatic nitrogens is 2. The van der Waals surface area contributed by atoms with Gasteiger partial charge in [0, 0.05) is 7.05 Å². The molecule has 3 rings (SSSR count). The first-order valence-electron chi connectivity index (χ1n) is 8.34. The van der Waals surface area contributed by atoms with Gasteiger partial charge in [-0.1, -0.05) is 23.9 Å². The number of thiazole rings is 1. The Morgan fingerprint density at radius 2 is 2.07 bits per heavy atom. The fourth-order valence-electron chi connectivity index (χ4n) is 2.52. The zero-order valence-electron chi connectivity index (χ0n) is 15.3. The molecule has 0 aliphatic heterocycles. The quantitative estimate of drug-likeness (QED) is 0.647. The summed E-state index contributed by atoms with van der Waals surface area (Å²) >= 11 is 2.75. The van der Waals surface area contributed by atoms with Crippen molar-refractivity contribution < 1.29 is 9.78 Å². The second-order valence-electron chi connectivity index (χ2n) is 6.05. The number of nitriles is 2. The molecule has 0 radical (unpaired) electrons. The molecular formula is C19H17N6OS2+. The summed E-state index contributed by atoms with van der Waals surface area (Å²) in [7, 11) is 1.74. The molecule has 140 valence electrons. The van der Waals surface area contributed by atoms with Crippen LogP contribution in [0, 0.1) is 22.7 Å². The van der Waals surface area contributed by atoms with Crippen molar-refractivity contribution in [2.24, 2.45) is 0 Å². The number of para-hydroxylation sites is 1. The summed E-state index contributed by atoms with van der Waals surface area (Å²) in [4.78, 5) is 21.7. The molecule has 0 fully saturated rings. The second kappa shape index (κ2) is 8.26. The lowest BCUT2D eigenvalue weighted by Gasteiger charge is -2.23. The summed E-state index contributed by atoms with van der Waals surface area (Å²) < 4.78 is 1.08. The number of H-pyrrole nitrogens is 1. The number of rotatable bonds is 5. The third-order valence-electron chi connectivity index (χ3n) is 4.29. The van der Waals surface area contributed by atoms with E-state index in [1.807, 2.05) is 43.3 Å². The van der Waals surface area contributed by atoms with Gasteiger partial charge in [-0.2, -0.15) is 10.5 Å². The second-order valence-corrected chi connectivity index (χ2v) is 8.10. The van der Waals surface area contributed by atoms with Crippen LogP contribution in [0.5, 0.6) is 0 Å². The molecular weight excluding hydrogens is 392 g/mol. The minimum absolute atomic E-state index is 0.100. The normalized spacial score (nSPS) is 11.6. The molecule has 1 aromatic carbocycles. The molecule has 1 amide bonds. The van der Waals surface area contributed by atoms with Crippen molar-refractivity contribution in [2.45, 2.75) is 18.0 Å². The third-order valence-corrected chi connectivity index (χ3v) is 6.50. The molecule has 0 saturated carbocycles. The number of hydrogen-bond donors (Lipinski definition) is 1. The lowest BCUT2D eigenvalue weighted by atomic mass is 10.2. The fraction of sp³-hybridized carbons (Fsp3) is 0.211. The van der Waals surface area contributed by atoms with Crippen LogP contribution in [0.2, 0.25) is 0 Å². The number of nitrogens with two attached hydrogens (primary N) is 1. The smallest absolute Gasteiger partial charge is 0.289 e. The molecule has 0 bridgehead atoms. The van der Waals surface area contributed by atoms with E-state index in [9.17, 15) is 10.1 Å². The van der Waals surface area contributed by atoms with Gasteiger partial charge in [0.25, 0.3) is 5.82 Å². The number of nitrogen functional groups attached to an aromatic ring is 1. The lowest BCUT2D eigenvalue weighted by molar-refractivity contribution is -0.410. The van der Waals surface area contributed by atoms with Crippen LogP contribution in [0.1, 0.15) is 29.1 Å². The van der Waals surface area contributed by atoms with Gasteiger partial charge in [-0.05, 0) is 25.1 Å². The Hall–Kier alpha value is -3.14. The van der Waals surface area contributed by atoms with Crippen LogP contribution in [0.15, 0.2) is 35.4 Å². The van der Waals surface area contributed by atoms with Gasteiger partial charge in [-0.15, -0.1) is 11.3 Å². The number of anilines is 1. The fourth-order valence-corrected chi connectivity index (χ4v) is 4.50. The van der Waals surface area contributed by atoms with Gasteiger partial charge >= 0.3 is 0 Å². The number of hydrogen-bond acceptors (Lipinski definition) is 7. The predicted molar refractivity (Wildman–Crippen MR) is 108 cm³/mol. The SMILES string of the molecule is C[C@@H](c1nc2ccccc2s1)N(C)C(=O)CSc1[nH+]c(N)c(C#N)cc1C#N. The molecule has 0 spiro atoms. The molecule has 7 nitrogen and oxygen atoms in total. The standard InChI is InChI=1S/C19H16N6OS2/c1-11(18-23-14-5-3-4-6-15(14)28-18)25(2)16(26)10-27-19-13(9-21)7-12(8-20)17(22)24-19/h3-7,11H,10H2,1-2H3,(H2,22,24)/p+1/t11-/m0/s1. The van der Waals surface area contributed by atoms with Crippen molar-refractivity contribution in [3.05, 3.63) is 46.5 Å². The molecule has 2 aromatic heterocycles. The number of amides is 1. The van der Waals surface area contributed by atoms with E-state index in [4.69, 9.17) is 11.0 Å². The maximum atomic E-state index is 12.7. The molecule has 3 aromatic rings. The average molecular weight is 410 g/mol. The van der Waals surface area contributed by atoms with Crippen molar-refractivity contribution >= 4 is 45.0 Å². The van der Waals surface area contributed by atoms with E-state index in [-0.39, 0.29) is 34.6 Å². The summed E-state index contributed by atoms with van der Waals surface area (Å²) in [5.41, 5.74) is 7.19. The number of aromatic amines is 1. The van der Waals surface area contributed by atoms with Crippen molar-refractivity contribution in [1.82, 2.24) is 9.88 Å². The Morgan fingerprint density at radius 1 is 1.36 bits per heavy atom.